The van der Waals surface area contributed by atoms with E-state index in [1.165, 1.54) is 14.2 Å². The predicted octanol–water partition coefficient (Wildman–Crippen LogP) is -3.32. The standard InChI is InChI=1S/C14H26O10/c1-21-13(5-15)11(19)7(17)3-9(23-13)10-4-8(18)12(20)14(6-16,22-2)24-10/h7-12,15-20H,3-6H2,1-2H3/t7-,8-,9-,10+,11+,12+,13-,14+/m1/s1. The van der Waals surface area contributed by atoms with Gasteiger partial charge in [0, 0.05) is 27.1 Å². The number of aliphatic hydroxyl groups excluding tert-OH is 6. The van der Waals surface area contributed by atoms with Gasteiger partial charge in [0.1, 0.15) is 25.4 Å². The summed E-state index contributed by atoms with van der Waals surface area (Å²) in [5.74, 6) is -3.69. The Morgan fingerprint density at radius 2 is 1.12 bits per heavy atom. The second kappa shape index (κ2) is 7.46. The van der Waals surface area contributed by atoms with Crippen molar-refractivity contribution in [3.8, 4) is 0 Å². The lowest BCUT2D eigenvalue weighted by Crippen LogP contribution is -2.67. The number of aliphatic hydroxyl groups is 6. The highest BCUT2D eigenvalue weighted by Gasteiger charge is 2.56. The molecule has 6 N–H and O–H groups in total. The van der Waals surface area contributed by atoms with Crippen LogP contribution in [-0.2, 0) is 18.9 Å². The maximum Gasteiger partial charge on any atom is 0.221 e. The highest BCUT2D eigenvalue weighted by molar-refractivity contribution is 4.99. The summed E-state index contributed by atoms with van der Waals surface area (Å²) in [5, 5.41) is 59.3. The third-order valence-electron chi connectivity index (χ3n) is 4.83. The van der Waals surface area contributed by atoms with Crippen LogP contribution in [0.15, 0.2) is 0 Å². The molecule has 0 saturated carbocycles. The molecule has 2 rings (SSSR count). The van der Waals surface area contributed by atoms with Crippen LogP contribution in [0.25, 0.3) is 0 Å². The predicted molar refractivity (Wildman–Crippen MR) is 76.7 cm³/mol. The van der Waals surface area contributed by atoms with E-state index in [0.29, 0.717) is 0 Å². The number of methoxy groups -OCH3 is 2. The maximum absolute atomic E-state index is 10.1. The first-order valence-electron chi connectivity index (χ1n) is 7.69. The van der Waals surface area contributed by atoms with E-state index in [1.54, 1.807) is 0 Å². The fraction of sp³-hybridized carbons (Fsp3) is 1.00. The Bertz CT molecular complexity index is 372. The summed E-state index contributed by atoms with van der Waals surface area (Å²) in [5.41, 5.74) is 0. The van der Waals surface area contributed by atoms with Crippen LogP contribution in [0, 0.1) is 0 Å². The van der Waals surface area contributed by atoms with E-state index < -0.39 is 61.4 Å². The Hall–Kier alpha value is -0.400. The summed E-state index contributed by atoms with van der Waals surface area (Å²) in [6.45, 7) is -1.43. The first-order valence-corrected chi connectivity index (χ1v) is 7.69. The average molecular weight is 354 g/mol. The minimum absolute atomic E-state index is 0.0645. The van der Waals surface area contributed by atoms with Crippen molar-refractivity contribution in [2.75, 3.05) is 27.4 Å². The van der Waals surface area contributed by atoms with Crippen LogP contribution in [0.1, 0.15) is 12.8 Å². The Morgan fingerprint density at radius 3 is 1.38 bits per heavy atom. The molecule has 0 bridgehead atoms. The molecule has 0 spiro atoms. The van der Waals surface area contributed by atoms with Crippen molar-refractivity contribution in [1.29, 1.82) is 0 Å². The van der Waals surface area contributed by atoms with E-state index in [0.717, 1.165) is 0 Å². The molecule has 24 heavy (non-hydrogen) atoms. The molecule has 2 saturated heterocycles. The highest BCUT2D eigenvalue weighted by Crippen LogP contribution is 2.38. The number of hydrogen-bond donors (Lipinski definition) is 6. The minimum Gasteiger partial charge on any atom is -0.391 e. The van der Waals surface area contributed by atoms with Gasteiger partial charge in [0.2, 0.25) is 11.6 Å². The zero-order valence-corrected chi connectivity index (χ0v) is 13.6. The molecule has 142 valence electrons. The maximum atomic E-state index is 10.1. The fourth-order valence-corrected chi connectivity index (χ4v) is 3.25. The fourth-order valence-electron chi connectivity index (χ4n) is 3.25. The normalized spacial score (nSPS) is 50.0. The van der Waals surface area contributed by atoms with E-state index in [1.807, 2.05) is 0 Å². The molecule has 0 radical (unpaired) electrons. The molecule has 0 aromatic heterocycles. The zero-order chi connectivity index (χ0) is 18.1. The first kappa shape index (κ1) is 19.9. The molecular formula is C14H26O10. The Morgan fingerprint density at radius 1 is 0.792 bits per heavy atom. The molecule has 2 fully saturated rings. The topological polar surface area (TPSA) is 158 Å². The van der Waals surface area contributed by atoms with Crippen LogP contribution in [0.2, 0.25) is 0 Å². The van der Waals surface area contributed by atoms with Gasteiger partial charge in [0.05, 0.1) is 24.4 Å². The van der Waals surface area contributed by atoms with Gasteiger partial charge in [-0.2, -0.15) is 0 Å². The van der Waals surface area contributed by atoms with Gasteiger partial charge in [0.15, 0.2) is 0 Å². The van der Waals surface area contributed by atoms with Gasteiger partial charge in [-0.05, 0) is 0 Å². The van der Waals surface area contributed by atoms with E-state index in [-0.39, 0.29) is 12.8 Å². The number of rotatable bonds is 5. The van der Waals surface area contributed by atoms with Gasteiger partial charge >= 0.3 is 0 Å². The summed E-state index contributed by atoms with van der Waals surface area (Å²) in [6, 6.07) is 0. The van der Waals surface area contributed by atoms with Crippen molar-refractivity contribution in [1.82, 2.24) is 0 Å². The van der Waals surface area contributed by atoms with Gasteiger partial charge in [0.25, 0.3) is 0 Å². The summed E-state index contributed by atoms with van der Waals surface area (Å²) in [6.07, 6.45) is -7.40. The summed E-state index contributed by atoms with van der Waals surface area (Å²) >= 11 is 0. The Balaban J connectivity index is 2.24. The molecule has 2 aliphatic heterocycles. The van der Waals surface area contributed by atoms with E-state index in [4.69, 9.17) is 18.9 Å². The van der Waals surface area contributed by atoms with E-state index >= 15 is 0 Å². The third kappa shape index (κ3) is 3.19. The van der Waals surface area contributed by atoms with E-state index in [2.05, 4.69) is 0 Å². The molecule has 0 aromatic rings. The van der Waals surface area contributed by atoms with Gasteiger partial charge in [-0.25, -0.2) is 0 Å². The molecular weight excluding hydrogens is 328 g/mol. The summed E-state index contributed by atoms with van der Waals surface area (Å²) in [7, 11) is 2.42. The van der Waals surface area contributed by atoms with Crippen LogP contribution >= 0.6 is 0 Å². The molecule has 2 aliphatic rings. The summed E-state index contributed by atoms with van der Waals surface area (Å²) < 4.78 is 21.4. The van der Waals surface area contributed by atoms with Crippen LogP contribution in [0.3, 0.4) is 0 Å². The quantitative estimate of drug-likeness (QED) is 0.295. The molecule has 10 nitrogen and oxygen atoms in total. The second-order valence-corrected chi connectivity index (χ2v) is 6.16. The zero-order valence-electron chi connectivity index (χ0n) is 13.6. The largest absolute Gasteiger partial charge is 0.391 e. The van der Waals surface area contributed by atoms with E-state index in [9.17, 15) is 30.6 Å². The van der Waals surface area contributed by atoms with Crippen molar-refractivity contribution in [3.63, 3.8) is 0 Å². The van der Waals surface area contributed by atoms with Crippen LogP contribution < -0.4 is 0 Å². The first-order chi connectivity index (χ1) is 11.3. The minimum atomic E-state index is -1.85. The van der Waals surface area contributed by atoms with Gasteiger partial charge < -0.3 is 49.6 Å². The lowest BCUT2D eigenvalue weighted by molar-refractivity contribution is -0.390. The van der Waals surface area contributed by atoms with Crippen molar-refractivity contribution >= 4 is 0 Å². The third-order valence-corrected chi connectivity index (χ3v) is 4.83. The van der Waals surface area contributed by atoms with Gasteiger partial charge in [-0.3, -0.25) is 0 Å². The Kier molecular flexibility index (Phi) is 6.19. The molecule has 10 heteroatoms. The molecule has 0 aliphatic carbocycles. The molecule has 0 amide bonds. The number of ether oxygens (including phenoxy) is 4. The van der Waals surface area contributed by atoms with Gasteiger partial charge in [-0.15, -0.1) is 0 Å². The van der Waals surface area contributed by atoms with Crippen LogP contribution in [0.5, 0.6) is 0 Å². The van der Waals surface area contributed by atoms with Crippen molar-refractivity contribution < 1.29 is 49.6 Å². The average Bonchev–Trinajstić information content (AvgIpc) is 2.60. The lowest BCUT2D eigenvalue weighted by atomic mass is 9.87. The monoisotopic (exact) mass is 354 g/mol. The van der Waals surface area contributed by atoms with Crippen LogP contribution in [-0.4, -0.2) is 106 Å². The van der Waals surface area contributed by atoms with Crippen molar-refractivity contribution in [2.24, 2.45) is 0 Å². The smallest absolute Gasteiger partial charge is 0.221 e. The molecule has 0 aromatic carbocycles. The van der Waals surface area contributed by atoms with Gasteiger partial charge in [-0.1, -0.05) is 0 Å². The highest BCUT2D eigenvalue weighted by atomic mass is 16.8. The lowest BCUT2D eigenvalue weighted by Gasteiger charge is -2.50. The molecule has 8 atom stereocenters. The Labute approximate surface area is 139 Å². The second-order valence-electron chi connectivity index (χ2n) is 6.16. The van der Waals surface area contributed by atoms with Crippen LogP contribution in [0.4, 0.5) is 0 Å². The molecule has 2 heterocycles. The molecule has 0 unspecified atom stereocenters. The number of hydrogen-bond acceptors (Lipinski definition) is 10. The summed E-state index contributed by atoms with van der Waals surface area (Å²) in [4.78, 5) is 0. The van der Waals surface area contributed by atoms with Crippen molar-refractivity contribution in [3.05, 3.63) is 0 Å². The SMILES string of the molecule is CO[C@@]1(CO)O[C@H]([C@H]2C[C@@H](O)[C@H](O)[C@](CO)(OC)O2)C[C@@H](O)[C@@H]1O. The van der Waals surface area contributed by atoms with Crippen molar-refractivity contribution in [2.45, 2.75) is 61.0 Å².